The third kappa shape index (κ3) is 5.87. The van der Waals surface area contributed by atoms with Crippen LogP contribution in [0.5, 0.6) is 0 Å². The van der Waals surface area contributed by atoms with Crippen LogP contribution in [0.4, 0.5) is 0 Å². The van der Waals surface area contributed by atoms with Crippen LogP contribution < -0.4 is 0 Å². The van der Waals surface area contributed by atoms with Gasteiger partial charge in [-0.1, -0.05) is 31.9 Å². The van der Waals surface area contributed by atoms with Crippen molar-refractivity contribution in [1.29, 1.82) is 0 Å². The molecule has 59 valence electrons. The molecule has 0 bridgehead atoms. The summed E-state index contributed by atoms with van der Waals surface area (Å²) in [6.07, 6.45) is 8.40. The largest absolute Gasteiger partial charge is 0.0856 e. The van der Waals surface area contributed by atoms with Gasteiger partial charge in [0, 0.05) is 0 Å². The van der Waals surface area contributed by atoms with Gasteiger partial charge >= 0.3 is 0 Å². The topological polar surface area (TPSA) is 0 Å². The lowest BCUT2D eigenvalue weighted by Crippen LogP contribution is -1.77. The van der Waals surface area contributed by atoms with E-state index < -0.39 is 0 Å². The molecule has 0 unspecified atom stereocenters. The lowest BCUT2D eigenvalue weighted by molar-refractivity contribution is 0.782. The zero-order valence-electron chi connectivity index (χ0n) is 7.32. The van der Waals surface area contributed by atoms with Gasteiger partial charge in [0.15, 0.2) is 0 Å². The predicted molar refractivity (Wildman–Crippen MR) is 47.9 cm³/mol. The van der Waals surface area contributed by atoms with Gasteiger partial charge in [-0.3, -0.25) is 0 Å². The molecule has 0 atom stereocenters. The molecule has 10 heavy (non-hydrogen) atoms. The minimum Gasteiger partial charge on any atom is -0.0856 e. The number of unbranched alkanes of at least 4 members (excludes halogenated alkanes) is 2. The van der Waals surface area contributed by atoms with E-state index in [1.807, 2.05) is 0 Å². The van der Waals surface area contributed by atoms with Crippen LogP contribution in [0.1, 0.15) is 46.0 Å². The number of hydrogen-bond acceptors (Lipinski definition) is 0. The van der Waals surface area contributed by atoms with Gasteiger partial charge in [-0.2, -0.15) is 0 Å². The van der Waals surface area contributed by atoms with E-state index in [0.717, 1.165) is 12.8 Å². The second kappa shape index (κ2) is 6.85. The van der Waals surface area contributed by atoms with Gasteiger partial charge in [0.25, 0.3) is 0 Å². The van der Waals surface area contributed by atoms with Crippen LogP contribution in [-0.2, 0) is 0 Å². The average Bonchev–Trinajstić information content (AvgIpc) is 1.97. The Morgan fingerprint density at radius 3 is 2.70 bits per heavy atom. The van der Waals surface area contributed by atoms with Gasteiger partial charge < -0.3 is 0 Å². The molecule has 0 aromatic carbocycles. The molecule has 0 N–H and O–H groups in total. The third-order valence-electron chi connectivity index (χ3n) is 1.62. The Bertz CT molecular complexity index is 90.2. The summed E-state index contributed by atoms with van der Waals surface area (Å²) in [5.74, 6) is 0. The molecular weight excluding hydrogens is 120 g/mol. The van der Waals surface area contributed by atoms with Gasteiger partial charge in [0.1, 0.15) is 0 Å². The lowest BCUT2D eigenvalue weighted by Gasteiger charge is -1.97. The molecular formula is C10H19. The van der Waals surface area contributed by atoms with Gasteiger partial charge in [0.2, 0.25) is 0 Å². The van der Waals surface area contributed by atoms with Crippen molar-refractivity contribution in [3.63, 3.8) is 0 Å². The summed E-state index contributed by atoms with van der Waals surface area (Å²) in [5, 5.41) is 0. The molecule has 0 rings (SSSR count). The molecule has 1 radical (unpaired) electrons. The summed E-state index contributed by atoms with van der Waals surface area (Å²) in [7, 11) is 0. The first-order valence-electron chi connectivity index (χ1n) is 4.26. The summed E-state index contributed by atoms with van der Waals surface area (Å²) in [6.45, 7) is 8.24. The highest BCUT2D eigenvalue weighted by Gasteiger charge is 1.86. The van der Waals surface area contributed by atoms with Crippen LogP contribution in [0.3, 0.4) is 0 Å². The monoisotopic (exact) mass is 139 g/mol. The molecule has 0 amide bonds. The van der Waals surface area contributed by atoms with Crippen molar-refractivity contribution in [1.82, 2.24) is 0 Å². The summed E-state index contributed by atoms with van der Waals surface area (Å²) < 4.78 is 0. The third-order valence-corrected chi connectivity index (χ3v) is 1.62. The van der Waals surface area contributed by atoms with E-state index in [1.54, 1.807) is 0 Å². The molecule has 0 aliphatic carbocycles. The van der Waals surface area contributed by atoms with Crippen molar-refractivity contribution in [3.8, 4) is 0 Å². The molecule has 0 nitrogen and oxygen atoms in total. The second-order valence-electron chi connectivity index (χ2n) is 2.80. The molecule has 0 aliphatic heterocycles. The zero-order valence-corrected chi connectivity index (χ0v) is 7.32. The van der Waals surface area contributed by atoms with E-state index >= 15 is 0 Å². The molecule has 0 saturated carbocycles. The summed E-state index contributed by atoms with van der Waals surface area (Å²) in [6, 6.07) is 0. The maximum atomic E-state index is 3.79. The molecule has 0 aliphatic rings. The Balaban J connectivity index is 3.30. The van der Waals surface area contributed by atoms with Crippen molar-refractivity contribution in [3.05, 3.63) is 18.6 Å². The number of rotatable bonds is 5. The van der Waals surface area contributed by atoms with Crippen LogP contribution in [0.2, 0.25) is 0 Å². The highest BCUT2D eigenvalue weighted by Crippen LogP contribution is 2.07. The van der Waals surface area contributed by atoms with Crippen molar-refractivity contribution < 1.29 is 0 Å². The zero-order chi connectivity index (χ0) is 7.82. The molecule has 0 aromatic heterocycles. The Morgan fingerprint density at radius 1 is 1.50 bits per heavy atom. The smallest absolute Gasteiger partial charge is 0.0323 e. The maximum Gasteiger partial charge on any atom is -0.0323 e. The molecule has 0 heterocycles. The fraction of sp³-hybridized carbons (Fsp3) is 0.700. The van der Waals surface area contributed by atoms with Crippen molar-refractivity contribution in [2.45, 2.75) is 46.0 Å². The Morgan fingerprint density at radius 2 is 2.20 bits per heavy atom. The second-order valence-corrected chi connectivity index (χ2v) is 2.80. The average molecular weight is 139 g/mol. The summed E-state index contributed by atoms with van der Waals surface area (Å²) >= 11 is 0. The fourth-order valence-electron chi connectivity index (χ4n) is 0.906. The van der Waals surface area contributed by atoms with Crippen LogP contribution >= 0.6 is 0 Å². The quantitative estimate of drug-likeness (QED) is 0.509. The Kier molecular flexibility index (Phi) is 6.68. The van der Waals surface area contributed by atoms with Crippen LogP contribution in [-0.4, -0.2) is 0 Å². The van der Waals surface area contributed by atoms with Crippen molar-refractivity contribution in [2.24, 2.45) is 0 Å². The SMILES string of the molecule is [CH2]CC/C=C(\C)CCCC. The number of allylic oxidation sites excluding steroid dienone is 2. The van der Waals surface area contributed by atoms with E-state index in [1.165, 1.54) is 24.8 Å². The summed E-state index contributed by atoms with van der Waals surface area (Å²) in [4.78, 5) is 0. The first-order chi connectivity index (χ1) is 4.81. The Labute approximate surface area is 65.3 Å². The molecule has 0 spiro atoms. The lowest BCUT2D eigenvalue weighted by atomic mass is 10.1. The first-order valence-corrected chi connectivity index (χ1v) is 4.26. The van der Waals surface area contributed by atoms with Gasteiger partial charge in [-0.15, -0.1) is 0 Å². The standard InChI is InChI=1S/C10H19/c1-4-6-8-10(3)9-7-5-2/h8H,1,4-7,9H2,2-3H3/b10-8+. The maximum absolute atomic E-state index is 3.79. The first kappa shape index (κ1) is 9.74. The predicted octanol–water partition coefficient (Wildman–Crippen LogP) is 3.74. The molecule has 0 heteroatoms. The van der Waals surface area contributed by atoms with E-state index in [2.05, 4.69) is 26.8 Å². The highest BCUT2D eigenvalue weighted by atomic mass is 13.9. The van der Waals surface area contributed by atoms with Crippen LogP contribution in [0, 0.1) is 6.92 Å². The van der Waals surface area contributed by atoms with Crippen LogP contribution in [0.25, 0.3) is 0 Å². The fourth-order valence-corrected chi connectivity index (χ4v) is 0.906. The number of hydrogen-bond donors (Lipinski definition) is 0. The van der Waals surface area contributed by atoms with Crippen molar-refractivity contribution in [2.75, 3.05) is 0 Å². The minimum absolute atomic E-state index is 1.03. The highest BCUT2D eigenvalue weighted by molar-refractivity contribution is 4.97. The van der Waals surface area contributed by atoms with E-state index in [-0.39, 0.29) is 0 Å². The van der Waals surface area contributed by atoms with Gasteiger partial charge in [-0.05, 0) is 32.6 Å². The minimum atomic E-state index is 1.03. The normalized spacial score (nSPS) is 12.1. The molecule has 0 saturated heterocycles. The van der Waals surface area contributed by atoms with Crippen LogP contribution in [0.15, 0.2) is 11.6 Å². The van der Waals surface area contributed by atoms with E-state index in [9.17, 15) is 0 Å². The van der Waals surface area contributed by atoms with Gasteiger partial charge in [0.05, 0.1) is 0 Å². The van der Waals surface area contributed by atoms with Gasteiger partial charge in [-0.25, -0.2) is 0 Å². The molecule has 0 aromatic rings. The summed E-state index contributed by atoms with van der Waals surface area (Å²) in [5.41, 5.74) is 1.53. The van der Waals surface area contributed by atoms with Crippen molar-refractivity contribution >= 4 is 0 Å². The Hall–Kier alpha value is -0.260. The van der Waals surface area contributed by atoms with E-state index in [4.69, 9.17) is 0 Å². The molecule has 0 fully saturated rings. The van der Waals surface area contributed by atoms with E-state index in [0.29, 0.717) is 0 Å².